The molecule has 0 aromatic carbocycles. The van der Waals surface area contributed by atoms with Crippen LogP contribution in [-0.4, -0.2) is 35.6 Å². The molecule has 0 bridgehead atoms. The fourth-order valence-corrected chi connectivity index (χ4v) is 3.33. The summed E-state index contributed by atoms with van der Waals surface area (Å²) in [5.41, 5.74) is 7.00. The maximum absolute atomic E-state index is 13.1. The van der Waals surface area contributed by atoms with E-state index in [1.807, 2.05) is 6.92 Å². The van der Waals surface area contributed by atoms with Gasteiger partial charge in [-0.25, -0.2) is 9.97 Å². The van der Waals surface area contributed by atoms with Gasteiger partial charge in [-0.05, 0) is 13.0 Å². The van der Waals surface area contributed by atoms with Crippen molar-refractivity contribution in [1.29, 1.82) is 0 Å². The van der Waals surface area contributed by atoms with Crippen LogP contribution in [0.25, 0.3) is 11.6 Å². The van der Waals surface area contributed by atoms with E-state index in [1.165, 1.54) is 4.90 Å². The van der Waals surface area contributed by atoms with Crippen molar-refractivity contribution in [2.75, 3.05) is 10.6 Å². The molecule has 138 valence electrons. The highest BCUT2D eigenvalue weighted by molar-refractivity contribution is 6.41. The summed E-state index contributed by atoms with van der Waals surface area (Å²) >= 11 is 12.5. The predicted octanol–water partition coefficient (Wildman–Crippen LogP) is 2.39. The topological polar surface area (TPSA) is 119 Å². The molecule has 11 heteroatoms. The molecular weight excluding hydrogens is 391 g/mol. The average Bonchev–Trinajstić information content (AvgIpc) is 3.31. The minimum absolute atomic E-state index is 0.0269. The van der Waals surface area contributed by atoms with Crippen LogP contribution >= 0.6 is 23.2 Å². The summed E-state index contributed by atoms with van der Waals surface area (Å²) in [6, 6.07) is 0. The van der Waals surface area contributed by atoms with Crippen molar-refractivity contribution in [3.05, 3.63) is 45.8 Å². The van der Waals surface area contributed by atoms with Gasteiger partial charge in [0.25, 0.3) is 5.91 Å². The molecule has 1 amide bonds. The third-order valence-electron chi connectivity index (χ3n) is 4.08. The van der Waals surface area contributed by atoms with Crippen LogP contribution in [0.4, 0.5) is 11.8 Å². The Kier molecular flexibility index (Phi) is 4.33. The van der Waals surface area contributed by atoms with Gasteiger partial charge in [-0.15, -0.1) is 0 Å². The molecule has 0 spiro atoms. The molecule has 4 heterocycles. The minimum Gasteiger partial charge on any atom is -0.368 e. The number of aryl methyl sites for hydroxylation is 1. The number of H-pyrrole nitrogens is 1. The molecule has 0 radical (unpaired) electrons. The van der Waals surface area contributed by atoms with Gasteiger partial charge < -0.3 is 10.7 Å². The lowest BCUT2D eigenvalue weighted by molar-refractivity contribution is -0.113. The van der Waals surface area contributed by atoms with E-state index in [1.54, 1.807) is 29.3 Å². The maximum atomic E-state index is 13.1. The Balaban J connectivity index is 1.82. The molecule has 9 nitrogen and oxygen atoms in total. The van der Waals surface area contributed by atoms with Crippen molar-refractivity contribution in [3.63, 3.8) is 0 Å². The molecular formula is C16H14Cl2N8O. The van der Waals surface area contributed by atoms with Crippen molar-refractivity contribution in [2.24, 2.45) is 0 Å². The second-order valence-corrected chi connectivity index (χ2v) is 6.54. The van der Waals surface area contributed by atoms with Crippen LogP contribution in [0.3, 0.4) is 0 Å². The highest BCUT2D eigenvalue weighted by Gasteiger charge is 2.37. The number of nitrogen functional groups attached to an aromatic ring is 1. The molecule has 0 saturated heterocycles. The van der Waals surface area contributed by atoms with Crippen LogP contribution in [0.2, 0.25) is 10.2 Å². The van der Waals surface area contributed by atoms with Crippen LogP contribution in [-0.2, 0) is 17.9 Å². The Morgan fingerprint density at radius 2 is 2.15 bits per heavy atom. The van der Waals surface area contributed by atoms with E-state index in [4.69, 9.17) is 28.9 Å². The van der Waals surface area contributed by atoms with Gasteiger partial charge in [-0.3, -0.25) is 14.4 Å². The van der Waals surface area contributed by atoms with Gasteiger partial charge in [-0.2, -0.15) is 10.1 Å². The second-order valence-electron chi connectivity index (χ2n) is 5.77. The third-order valence-corrected chi connectivity index (χ3v) is 4.67. The number of aromatic amines is 1. The number of imidazole rings is 1. The van der Waals surface area contributed by atoms with E-state index >= 15 is 0 Å². The van der Waals surface area contributed by atoms with Gasteiger partial charge in [-0.1, -0.05) is 23.2 Å². The Morgan fingerprint density at radius 3 is 2.81 bits per heavy atom. The van der Waals surface area contributed by atoms with Crippen molar-refractivity contribution >= 4 is 52.5 Å². The third kappa shape index (κ3) is 3.04. The van der Waals surface area contributed by atoms with E-state index in [-0.39, 0.29) is 23.6 Å². The lowest BCUT2D eigenvalue weighted by atomic mass is 10.1. The molecule has 3 aromatic heterocycles. The molecule has 3 N–H and O–H groups in total. The molecule has 4 rings (SSSR count). The number of nitrogens with one attached hydrogen (secondary N) is 1. The molecule has 0 fully saturated rings. The molecule has 0 aliphatic carbocycles. The number of aromatic nitrogens is 6. The molecule has 0 unspecified atom stereocenters. The fourth-order valence-electron chi connectivity index (χ4n) is 2.84. The predicted molar refractivity (Wildman–Crippen MR) is 102 cm³/mol. The van der Waals surface area contributed by atoms with Crippen molar-refractivity contribution in [2.45, 2.75) is 20.0 Å². The Morgan fingerprint density at radius 1 is 1.33 bits per heavy atom. The zero-order valence-electron chi connectivity index (χ0n) is 14.1. The van der Waals surface area contributed by atoms with E-state index in [0.717, 1.165) is 0 Å². The normalized spacial score (nSPS) is 15.0. The zero-order chi connectivity index (χ0) is 19.1. The largest absolute Gasteiger partial charge is 0.368 e. The lowest BCUT2D eigenvalue weighted by Gasteiger charge is -2.15. The summed E-state index contributed by atoms with van der Waals surface area (Å²) in [6.07, 6.45) is 6.55. The monoisotopic (exact) mass is 404 g/mol. The first kappa shape index (κ1) is 17.5. The first-order valence-corrected chi connectivity index (χ1v) is 8.81. The van der Waals surface area contributed by atoms with Crippen LogP contribution in [0, 0.1) is 0 Å². The lowest BCUT2D eigenvalue weighted by Crippen LogP contribution is -2.27. The van der Waals surface area contributed by atoms with Crippen molar-refractivity contribution in [1.82, 2.24) is 29.7 Å². The number of halogens is 2. The number of carbonyl (C=O) groups is 1. The Hall–Kier alpha value is -2.91. The maximum Gasteiger partial charge on any atom is 0.260 e. The van der Waals surface area contributed by atoms with Gasteiger partial charge >= 0.3 is 0 Å². The van der Waals surface area contributed by atoms with Gasteiger partial charge in [0.2, 0.25) is 5.95 Å². The number of anilines is 2. The van der Waals surface area contributed by atoms with Crippen LogP contribution in [0.1, 0.15) is 24.0 Å². The molecule has 27 heavy (non-hydrogen) atoms. The van der Waals surface area contributed by atoms with Crippen LogP contribution in [0.5, 0.6) is 0 Å². The van der Waals surface area contributed by atoms with Gasteiger partial charge in [0.05, 0.1) is 22.7 Å². The smallest absolute Gasteiger partial charge is 0.260 e. The number of nitrogens with two attached hydrogens (primary N) is 1. The van der Waals surface area contributed by atoms with E-state index < -0.39 is 0 Å². The number of fused-ring (bicyclic) bond motifs is 1. The summed E-state index contributed by atoms with van der Waals surface area (Å²) < 4.78 is 1.69. The minimum atomic E-state index is -0.315. The molecule has 1 aliphatic heterocycles. The molecule has 0 saturated carbocycles. The summed E-state index contributed by atoms with van der Waals surface area (Å²) in [5.74, 6) is 0.482. The first-order chi connectivity index (χ1) is 13.0. The van der Waals surface area contributed by atoms with Gasteiger partial charge in [0.1, 0.15) is 16.7 Å². The highest BCUT2D eigenvalue weighted by Crippen LogP contribution is 2.41. The van der Waals surface area contributed by atoms with Gasteiger partial charge in [0.15, 0.2) is 5.82 Å². The standard InChI is InChI=1S/C16H14Cl2N8O/c1-2-25-6-9(17)10(24-25)7-26-14-12(13(18)22-16(19)23-14)8(15(26)27)5-11-20-3-4-21-11/h3-6H,2,7H2,1H3,(H,20,21)(H2,19,22,23)/b8-5-. The van der Waals surface area contributed by atoms with Crippen molar-refractivity contribution in [3.8, 4) is 0 Å². The molecule has 1 aliphatic rings. The number of rotatable bonds is 4. The van der Waals surface area contributed by atoms with Gasteiger partial charge in [0, 0.05) is 25.1 Å². The van der Waals surface area contributed by atoms with Crippen LogP contribution in [0.15, 0.2) is 18.6 Å². The highest BCUT2D eigenvalue weighted by atomic mass is 35.5. The summed E-state index contributed by atoms with van der Waals surface area (Å²) in [7, 11) is 0. The average molecular weight is 405 g/mol. The Labute approximate surface area is 163 Å². The first-order valence-electron chi connectivity index (χ1n) is 8.06. The summed E-state index contributed by atoms with van der Waals surface area (Å²) in [5, 5.41) is 4.94. The summed E-state index contributed by atoms with van der Waals surface area (Å²) in [6.45, 7) is 2.73. The fraction of sp³-hybridized carbons (Fsp3) is 0.188. The van der Waals surface area contributed by atoms with Crippen LogP contribution < -0.4 is 10.6 Å². The quantitative estimate of drug-likeness (QED) is 0.508. The number of nitrogens with zero attached hydrogens (tertiary/aromatic N) is 6. The molecule has 0 atom stereocenters. The number of hydrogen-bond acceptors (Lipinski definition) is 6. The summed E-state index contributed by atoms with van der Waals surface area (Å²) in [4.78, 5) is 29.8. The van der Waals surface area contributed by atoms with E-state index in [0.29, 0.717) is 40.0 Å². The van der Waals surface area contributed by atoms with Crippen molar-refractivity contribution < 1.29 is 4.79 Å². The van der Waals surface area contributed by atoms with E-state index in [2.05, 4.69) is 25.0 Å². The number of hydrogen-bond donors (Lipinski definition) is 2. The SMILES string of the molecule is CCn1cc(Cl)c(CN2C(=O)/C(=C\c3ncc[nH]3)c3c(Cl)nc(N)nc32)n1. The number of amides is 1. The number of carbonyl (C=O) groups excluding carboxylic acids is 1. The second kappa shape index (κ2) is 6.67. The Bertz CT molecular complexity index is 1060. The van der Waals surface area contributed by atoms with E-state index in [9.17, 15) is 4.79 Å². The zero-order valence-corrected chi connectivity index (χ0v) is 15.7. The molecule has 3 aromatic rings.